The Hall–Kier alpha value is -2.62. The summed E-state index contributed by atoms with van der Waals surface area (Å²) < 4.78 is 56.4. The topological polar surface area (TPSA) is 0 Å². The van der Waals surface area contributed by atoms with Crippen LogP contribution in [0.25, 0.3) is 0 Å². The number of benzene rings is 3. The lowest BCUT2D eigenvalue weighted by Gasteiger charge is -2.09. The number of aryl methyl sites for hydroxylation is 4. The van der Waals surface area contributed by atoms with Crippen molar-refractivity contribution in [2.75, 3.05) is 0 Å². The summed E-state index contributed by atoms with van der Waals surface area (Å²) in [6.07, 6.45) is 3.87. The van der Waals surface area contributed by atoms with Crippen LogP contribution in [0, 0.1) is 23.3 Å². The van der Waals surface area contributed by atoms with Crippen molar-refractivity contribution >= 4 is 0 Å². The second kappa shape index (κ2) is 10.6. The molecule has 0 aliphatic carbocycles. The van der Waals surface area contributed by atoms with Gasteiger partial charge in [-0.25, -0.2) is 17.6 Å². The number of rotatable bonds is 9. The Bertz CT molecular complexity index is 976. The van der Waals surface area contributed by atoms with E-state index in [1.165, 1.54) is 24.3 Å². The molecule has 0 N–H and O–H groups in total. The van der Waals surface area contributed by atoms with Crippen molar-refractivity contribution in [1.82, 2.24) is 0 Å². The van der Waals surface area contributed by atoms with Crippen LogP contribution >= 0.6 is 0 Å². The summed E-state index contributed by atoms with van der Waals surface area (Å²) in [5, 5.41) is 0. The third-order valence-electron chi connectivity index (χ3n) is 5.68. The Morgan fingerprint density at radius 1 is 0.484 bits per heavy atom. The fraction of sp³-hybridized carbons (Fsp3) is 0.333. The van der Waals surface area contributed by atoms with Gasteiger partial charge in [0.05, 0.1) is 0 Å². The zero-order valence-corrected chi connectivity index (χ0v) is 18.1. The molecule has 0 aliphatic rings. The highest BCUT2D eigenvalue weighted by atomic mass is 19.1. The van der Waals surface area contributed by atoms with Crippen molar-refractivity contribution in [3.05, 3.63) is 105 Å². The highest BCUT2D eigenvalue weighted by Gasteiger charge is 2.12. The van der Waals surface area contributed by atoms with E-state index in [-0.39, 0.29) is 11.1 Å². The largest absolute Gasteiger partial charge is 0.207 e. The summed E-state index contributed by atoms with van der Waals surface area (Å²) in [7, 11) is 0. The van der Waals surface area contributed by atoms with Gasteiger partial charge in [-0.15, -0.1) is 0 Å². The van der Waals surface area contributed by atoms with Gasteiger partial charge in [0, 0.05) is 11.1 Å². The summed E-state index contributed by atoms with van der Waals surface area (Å²) in [6.45, 7) is 3.71. The second-order valence-electron chi connectivity index (χ2n) is 8.00. The van der Waals surface area contributed by atoms with E-state index in [0.717, 1.165) is 17.5 Å². The predicted molar refractivity (Wildman–Crippen MR) is 117 cm³/mol. The maximum Gasteiger partial charge on any atom is 0.129 e. The van der Waals surface area contributed by atoms with Gasteiger partial charge < -0.3 is 0 Å². The lowest BCUT2D eigenvalue weighted by molar-refractivity contribution is 0.551. The quantitative estimate of drug-likeness (QED) is 0.313. The summed E-state index contributed by atoms with van der Waals surface area (Å²) in [5.74, 6) is -1.94. The fourth-order valence-corrected chi connectivity index (χ4v) is 3.90. The van der Waals surface area contributed by atoms with E-state index in [1.807, 2.05) is 31.2 Å². The average molecular weight is 429 g/mol. The number of hydrogen-bond donors (Lipinski definition) is 0. The van der Waals surface area contributed by atoms with E-state index in [0.29, 0.717) is 49.7 Å². The first-order valence-electron chi connectivity index (χ1n) is 10.9. The molecule has 0 atom stereocenters. The lowest BCUT2D eigenvalue weighted by atomic mass is 9.98. The molecule has 3 aromatic rings. The van der Waals surface area contributed by atoms with Gasteiger partial charge in [0.15, 0.2) is 0 Å². The van der Waals surface area contributed by atoms with Crippen molar-refractivity contribution in [3.8, 4) is 0 Å². The maximum absolute atomic E-state index is 14.3. The van der Waals surface area contributed by atoms with Crippen LogP contribution in [0.3, 0.4) is 0 Å². The van der Waals surface area contributed by atoms with Crippen molar-refractivity contribution in [2.24, 2.45) is 0 Å². The summed E-state index contributed by atoms with van der Waals surface area (Å²) >= 11 is 0. The van der Waals surface area contributed by atoms with Crippen molar-refractivity contribution in [3.63, 3.8) is 0 Å². The maximum atomic E-state index is 14.3. The molecule has 0 bridgehead atoms. The highest BCUT2D eigenvalue weighted by molar-refractivity contribution is 5.30. The van der Waals surface area contributed by atoms with Crippen LogP contribution in [-0.2, 0) is 38.5 Å². The number of hydrogen-bond acceptors (Lipinski definition) is 0. The molecule has 0 saturated heterocycles. The van der Waals surface area contributed by atoms with Crippen LogP contribution in [0.4, 0.5) is 17.6 Å². The van der Waals surface area contributed by atoms with Crippen LogP contribution in [-0.4, -0.2) is 0 Å². The Kier molecular flexibility index (Phi) is 7.89. The molecule has 0 fully saturated rings. The van der Waals surface area contributed by atoms with Gasteiger partial charge in [-0.05, 0) is 85.0 Å². The van der Waals surface area contributed by atoms with E-state index in [9.17, 15) is 17.6 Å². The van der Waals surface area contributed by atoms with Crippen molar-refractivity contribution in [2.45, 2.75) is 58.8 Å². The van der Waals surface area contributed by atoms with Gasteiger partial charge in [-0.2, -0.15) is 0 Å². The van der Waals surface area contributed by atoms with Gasteiger partial charge in [0.1, 0.15) is 23.3 Å². The molecule has 164 valence electrons. The normalized spacial score (nSPS) is 11.2. The zero-order valence-electron chi connectivity index (χ0n) is 18.1. The first-order valence-corrected chi connectivity index (χ1v) is 10.9. The third kappa shape index (κ3) is 5.96. The Morgan fingerprint density at radius 3 is 1.32 bits per heavy atom. The van der Waals surface area contributed by atoms with Crippen LogP contribution in [0.5, 0.6) is 0 Å². The second-order valence-corrected chi connectivity index (χ2v) is 8.00. The van der Waals surface area contributed by atoms with Crippen LogP contribution in [0.1, 0.15) is 53.6 Å². The zero-order chi connectivity index (χ0) is 22.4. The summed E-state index contributed by atoms with van der Waals surface area (Å²) in [6, 6.07) is 13.5. The van der Waals surface area contributed by atoms with Crippen molar-refractivity contribution in [1.29, 1.82) is 0 Å². The standard InChI is InChI=1S/C27H28F4/c1-3-5-20-14-26(30)23(27(31)15-20)13-12-19-8-6-18(7-9-19)10-11-21-16-24(28)22(4-2)25(29)17-21/h6-9,14-17H,3-5,10-13H2,1-2H3. The Morgan fingerprint density at radius 2 is 0.871 bits per heavy atom. The van der Waals surface area contributed by atoms with E-state index in [2.05, 4.69) is 0 Å². The Labute approximate surface area is 181 Å². The van der Waals surface area contributed by atoms with Gasteiger partial charge in [-0.3, -0.25) is 0 Å². The van der Waals surface area contributed by atoms with Crippen LogP contribution in [0.15, 0.2) is 48.5 Å². The Balaban J connectivity index is 1.59. The minimum absolute atomic E-state index is 0.126. The molecule has 0 amide bonds. The monoisotopic (exact) mass is 428 g/mol. The van der Waals surface area contributed by atoms with Gasteiger partial charge in [0.2, 0.25) is 0 Å². The highest BCUT2D eigenvalue weighted by Crippen LogP contribution is 2.20. The fourth-order valence-electron chi connectivity index (χ4n) is 3.90. The molecule has 0 aliphatic heterocycles. The molecule has 3 rings (SSSR count). The molecule has 0 spiro atoms. The molecule has 0 radical (unpaired) electrons. The SMILES string of the molecule is CCCc1cc(F)c(CCc2ccc(CCc3cc(F)c(CC)c(F)c3)cc2)c(F)c1. The molecular weight excluding hydrogens is 400 g/mol. The summed E-state index contributed by atoms with van der Waals surface area (Å²) in [4.78, 5) is 0. The molecule has 31 heavy (non-hydrogen) atoms. The van der Waals surface area contributed by atoms with Gasteiger partial charge in [0.25, 0.3) is 0 Å². The molecule has 0 saturated carbocycles. The van der Waals surface area contributed by atoms with E-state index >= 15 is 0 Å². The van der Waals surface area contributed by atoms with Crippen molar-refractivity contribution < 1.29 is 17.6 Å². The van der Waals surface area contributed by atoms with E-state index in [1.54, 1.807) is 6.92 Å². The summed E-state index contributed by atoms with van der Waals surface area (Å²) in [5.41, 5.74) is 3.61. The molecule has 0 nitrogen and oxygen atoms in total. The first-order chi connectivity index (χ1) is 14.9. The van der Waals surface area contributed by atoms with Crippen LogP contribution in [0.2, 0.25) is 0 Å². The molecule has 0 aromatic heterocycles. The molecule has 0 heterocycles. The average Bonchev–Trinajstić information content (AvgIpc) is 2.72. The van der Waals surface area contributed by atoms with Gasteiger partial charge >= 0.3 is 0 Å². The minimum atomic E-state index is -0.491. The molecular formula is C27H28F4. The smallest absolute Gasteiger partial charge is 0.129 e. The molecule has 4 heteroatoms. The molecule has 0 unspecified atom stereocenters. The third-order valence-corrected chi connectivity index (χ3v) is 5.68. The van der Waals surface area contributed by atoms with E-state index in [4.69, 9.17) is 0 Å². The van der Waals surface area contributed by atoms with Gasteiger partial charge in [-0.1, -0.05) is 44.5 Å². The lowest BCUT2D eigenvalue weighted by Crippen LogP contribution is -2.01. The van der Waals surface area contributed by atoms with Crippen LogP contribution < -0.4 is 0 Å². The number of halogens is 4. The molecule has 3 aromatic carbocycles. The predicted octanol–water partition coefficient (Wildman–Crippen LogP) is 7.33. The first kappa shape index (κ1) is 23.1. The van der Waals surface area contributed by atoms with E-state index < -0.39 is 23.3 Å². The minimum Gasteiger partial charge on any atom is -0.207 e.